The number of hydrogen-bond donors (Lipinski definition) is 1. The molecular formula is C24H27N5O2. The number of hydrogen-bond acceptors (Lipinski definition) is 5. The van der Waals surface area contributed by atoms with E-state index in [1.807, 2.05) is 19.2 Å². The number of aromatic nitrogens is 3. The van der Waals surface area contributed by atoms with Gasteiger partial charge >= 0.3 is 0 Å². The van der Waals surface area contributed by atoms with E-state index < -0.39 is 0 Å². The van der Waals surface area contributed by atoms with Crippen LogP contribution in [0.3, 0.4) is 0 Å². The molecule has 160 valence electrons. The first kappa shape index (κ1) is 20.9. The highest BCUT2D eigenvalue weighted by Crippen LogP contribution is 2.38. The molecule has 0 aromatic carbocycles. The van der Waals surface area contributed by atoms with Gasteiger partial charge in [0.05, 0.1) is 30.1 Å². The van der Waals surface area contributed by atoms with Crippen LogP contribution < -0.4 is 10.1 Å². The average molecular weight is 418 g/mol. The molecule has 7 nitrogen and oxygen atoms in total. The van der Waals surface area contributed by atoms with Gasteiger partial charge in [-0.2, -0.15) is 10.4 Å². The van der Waals surface area contributed by atoms with Crippen molar-refractivity contribution in [2.75, 3.05) is 6.61 Å². The van der Waals surface area contributed by atoms with Gasteiger partial charge in [-0.1, -0.05) is 6.07 Å². The van der Waals surface area contributed by atoms with E-state index in [4.69, 9.17) is 9.72 Å². The lowest BCUT2D eigenvalue weighted by Gasteiger charge is -2.37. The maximum absolute atomic E-state index is 11.5. The second-order valence-corrected chi connectivity index (χ2v) is 8.47. The fourth-order valence-electron chi connectivity index (χ4n) is 4.55. The molecule has 1 amide bonds. The van der Waals surface area contributed by atoms with Crippen molar-refractivity contribution in [3.63, 3.8) is 0 Å². The molecule has 7 heteroatoms. The number of carbonyl (C=O) groups excluding carboxylic acids is 1. The lowest BCUT2D eigenvalue weighted by atomic mass is 9.76. The van der Waals surface area contributed by atoms with Gasteiger partial charge in [0.2, 0.25) is 5.91 Å². The Balaban J connectivity index is 1.60. The van der Waals surface area contributed by atoms with Gasteiger partial charge < -0.3 is 10.1 Å². The van der Waals surface area contributed by atoms with Crippen molar-refractivity contribution in [3.05, 3.63) is 48.0 Å². The van der Waals surface area contributed by atoms with Crippen molar-refractivity contribution in [1.29, 1.82) is 5.26 Å². The van der Waals surface area contributed by atoms with Crippen LogP contribution in [0.25, 0.3) is 16.6 Å². The monoisotopic (exact) mass is 417 g/mol. The van der Waals surface area contributed by atoms with Gasteiger partial charge in [-0.25, -0.2) is 4.52 Å². The minimum Gasteiger partial charge on any atom is -0.492 e. The normalized spacial score (nSPS) is 20.9. The van der Waals surface area contributed by atoms with Gasteiger partial charge in [0, 0.05) is 41.4 Å². The Bertz CT molecular complexity index is 1140. The van der Waals surface area contributed by atoms with E-state index in [1.165, 1.54) is 0 Å². The molecule has 0 unspecified atom stereocenters. The minimum absolute atomic E-state index is 0.0284. The molecule has 3 aromatic heterocycles. The third-order valence-electron chi connectivity index (χ3n) is 6.10. The zero-order chi connectivity index (χ0) is 22.0. The summed E-state index contributed by atoms with van der Waals surface area (Å²) in [6, 6.07) is 8.30. The number of carbonyl (C=O) groups is 1. The van der Waals surface area contributed by atoms with Crippen molar-refractivity contribution in [1.82, 2.24) is 19.9 Å². The summed E-state index contributed by atoms with van der Waals surface area (Å²) < 4.78 is 7.38. The van der Waals surface area contributed by atoms with Crippen molar-refractivity contribution in [2.45, 2.75) is 57.9 Å². The van der Waals surface area contributed by atoms with Crippen molar-refractivity contribution >= 4 is 11.4 Å². The van der Waals surface area contributed by atoms with E-state index in [9.17, 15) is 10.1 Å². The third kappa shape index (κ3) is 4.24. The largest absolute Gasteiger partial charge is 0.492 e. The Morgan fingerprint density at radius 1 is 1.35 bits per heavy atom. The van der Waals surface area contributed by atoms with Crippen LogP contribution in [0, 0.1) is 11.3 Å². The molecule has 0 radical (unpaired) electrons. The highest BCUT2D eigenvalue weighted by atomic mass is 16.5. The van der Waals surface area contributed by atoms with Gasteiger partial charge in [-0.05, 0) is 51.7 Å². The number of fused-ring (bicyclic) bond motifs is 1. The van der Waals surface area contributed by atoms with Crippen LogP contribution in [0.4, 0.5) is 0 Å². The van der Waals surface area contributed by atoms with Crippen LogP contribution >= 0.6 is 0 Å². The number of amides is 1. The Morgan fingerprint density at radius 3 is 2.74 bits per heavy atom. The number of pyridine rings is 2. The molecule has 0 atom stereocenters. The Morgan fingerprint density at radius 2 is 2.13 bits per heavy atom. The summed E-state index contributed by atoms with van der Waals surface area (Å²) in [7, 11) is 0. The van der Waals surface area contributed by atoms with Crippen LogP contribution in [0.15, 0.2) is 36.8 Å². The number of ether oxygens (including phenoxy) is 1. The zero-order valence-electron chi connectivity index (χ0n) is 18.2. The summed E-state index contributed by atoms with van der Waals surface area (Å²) in [6.45, 7) is 6.18. The van der Waals surface area contributed by atoms with Gasteiger partial charge in [0.25, 0.3) is 0 Å². The summed E-state index contributed by atoms with van der Waals surface area (Å²) in [5, 5.41) is 16.9. The number of rotatable bonds is 5. The third-order valence-corrected chi connectivity index (χ3v) is 6.10. The summed E-state index contributed by atoms with van der Waals surface area (Å²) in [5.74, 6) is 1.11. The van der Waals surface area contributed by atoms with E-state index in [0.717, 1.165) is 48.0 Å². The van der Waals surface area contributed by atoms with Gasteiger partial charge in [0.15, 0.2) is 0 Å². The SMILES string of the molecule is CCOc1cc(-c2ccc(C3CCC(C)(NC(C)=O)CC3)nc2)c2c(C#N)cnn2c1. The standard InChI is InChI=1S/C24H27N5O2/c1-4-31-20-11-21(23-19(12-25)14-27-29(23)15-20)18-5-6-22(26-13-18)17-7-9-24(3,10-8-17)28-16(2)30/h5-6,11,13-15,17H,4,7-10H2,1-3H3,(H,28,30). The predicted octanol–water partition coefficient (Wildman–Crippen LogP) is 4.22. The van der Waals surface area contributed by atoms with E-state index in [1.54, 1.807) is 23.8 Å². The molecule has 1 aliphatic carbocycles. The smallest absolute Gasteiger partial charge is 0.217 e. The molecule has 31 heavy (non-hydrogen) atoms. The first-order valence-corrected chi connectivity index (χ1v) is 10.7. The molecule has 0 aliphatic heterocycles. The highest BCUT2D eigenvalue weighted by molar-refractivity contribution is 5.85. The number of nitriles is 1. The molecule has 0 saturated heterocycles. The molecule has 1 aliphatic rings. The van der Waals surface area contributed by atoms with E-state index >= 15 is 0 Å². The van der Waals surface area contributed by atoms with Gasteiger partial charge in [-0.15, -0.1) is 0 Å². The first-order valence-electron chi connectivity index (χ1n) is 10.7. The first-order chi connectivity index (χ1) is 14.9. The Labute approximate surface area is 182 Å². The van der Waals surface area contributed by atoms with E-state index in [-0.39, 0.29) is 11.4 Å². The van der Waals surface area contributed by atoms with Crippen LogP contribution in [0.5, 0.6) is 5.75 Å². The summed E-state index contributed by atoms with van der Waals surface area (Å²) in [6.07, 6.45) is 9.11. The molecule has 3 heterocycles. The van der Waals surface area contributed by atoms with Crippen LogP contribution in [-0.4, -0.2) is 32.7 Å². The molecule has 0 bridgehead atoms. The summed E-state index contributed by atoms with van der Waals surface area (Å²) in [5.41, 5.74) is 4.02. The predicted molar refractivity (Wildman–Crippen MR) is 118 cm³/mol. The number of nitrogens with zero attached hydrogens (tertiary/aromatic N) is 4. The van der Waals surface area contributed by atoms with Crippen molar-refractivity contribution in [3.8, 4) is 22.9 Å². The topological polar surface area (TPSA) is 92.3 Å². The van der Waals surface area contributed by atoms with Crippen molar-refractivity contribution in [2.24, 2.45) is 0 Å². The molecule has 3 aromatic rings. The van der Waals surface area contributed by atoms with E-state index in [2.05, 4.69) is 35.5 Å². The molecule has 1 N–H and O–H groups in total. The maximum Gasteiger partial charge on any atom is 0.217 e. The Hall–Kier alpha value is -3.40. The van der Waals surface area contributed by atoms with Crippen LogP contribution in [0.2, 0.25) is 0 Å². The van der Waals surface area contributed by atoms with Crippen LogP contribution in [0.1, 0.15) is 63.6 Å². The highest BCUT2D eigenvalue weighted by Gasteiger charge is 2.32. The summed E-state index contributed by atoms with van der Waals surface area (Å²) in [4.78, 5) is 16.2. The molecular weight excluding hydrogens is 390 g/mol. The lowest BCUT2D eigenvalue weighted by Crippen LogP contribution is -2.47. The quantitative estimate of drug-likeness (QED) is 0.671. The Kier molecular flexibility index (Phi) is 5.64. The fourth-order valence-corrected chi connectivity index (χ4v) is 4.55. The van der Waals surface area contributed by atoms with Crippen LogP contribution in [-0.2, 0) is 4.79 Å². The molecule has 4 rings (SSSR count). The minimum atomic E-state index is -0.122. The lowest BCUT2D eigenvalue weighted by molar-refractivity contribution is -0.121. The van der Waals surface area contributed by atoms with Gasteiger partial charge in [0.1, 0.15) is 11.8 Å². The second kappa shape index (κ2) is 8.38. The second-order valence-electron chi connectivity index (χ2n) is 8.47. The fraction of sp³-hybridized carbons (Fsp3) is 0.417. The van der Waals surface area contributed by atoms with E-state index in [0.29, 0.717) is 23.8 Å². The molecule has 1 fully saturated rings. The molecule has 0 spiro atoms. The summed E-state index contributed by atoms with van der Waals surface area (Å²) >= 11 is 0. The molecule has 1 saturated carbocycles. The van der Waals surface area contributed by atoms with Crippen molar-refractivity contribution < 1.29 is 9.53 Å². The zero-order valence-corrected chi connectivity index (χ0v) is 18.2. The van der Waals surface area contributed by atoms with Gasteiger partial charge in [-0.3, -0.25) is 9.78 Å². The maximum atomic E-state index is 11.5. The average Bonchev–Trinajstić information content (AvgIpc) is 3.16. The number of nitrogens with one attached hydrogen (secondary N) is 1.